The second-order valence-electron chi connectivity index (χ2n) is 13.5. The molecule has 0 unspecified atom stereocenters. The van der Waals surface area contributed by atoms with Crippen LogP contribution in [0.25, 0.3) is 66.7 Å². The number of nitrogens with zero attached hydrogens (tertiary/aromatic N) is 3. The minimum absolute atomic E-state index is 0.646. The van der Waals surface area contributed by atoms with E-state index in [1.165, 1.54) is 44.5 Å². The summed E-state index contributed by atoms with van der Waals surface area (Å²) in [6, 6.07) is 71.0. The fourth-order valence-corrected chi connectivity index (χ4v) is 8.52. The molecule has 2 heterocycles. The Bertz CT molecular complexity index is 2670. The summed E-state index contributed by atoms with van der Waals surface area (Å²) in [7, 11) is 0. The van der Waals surface area contributed by atoms with E-state index in [0.29, 0.717) is 5.95 Å². The predicted octanol–water partition coefficient (Wildman–Crippen LogP) is 13.9. The summed E-state index contributed by atoms with van der Waals surface area (Å²) >= 11 is 1.81. The van der Waals surface area contributed by atoms with Gasteiger partial charge in [0.15, 0.2) is 0 Å². The van der Waals surface area contributed by atoms with Crippen LogP contribution in [0, 0.1) is 0 Å². The zero-order chi connectivity index (χ0) is 35.8. The Morgan fingerprint density at radius 1 is 0.333 bits per heavy atom. The minimum Gasteiger partial charge on any atom is -0.277 e. The van der Waals surface area contributed by atoms with Crippen molar-refractivity contribution in [2.75, 3.05) is 4.90 Å². The second kappa shape index (κ2) is 13.7. The number of hydrogen-bond donors (Lipinski definition) is 0. The van der Waals surface area contributed by atoms with E-state index in [4.69, 9.17) is 9.97 Å². The Hall–Kier alpha value is -6.75. The molecule has 0 saturated heterocycles. The number of para-hydroxylation sites is 1. The van der Waals surface area contributed by atoms with Crippen LogP contribution in [0.15, 0.2) is 210 Å². The molecule has 0 saturated carbocycles. The maximum Gasteiger partial charge on any atom is 0.235 e. The Balaban J connectivity index is 1.14. The molecule has 10 rings (SSSR count). The Morgan fingerprint density at radius 3 is 1.30 bits per heavy atom. The zero-order valence-corrected chi connectivity index (χ0v) is 30.1. The highest BCUT2D eigenvalue weighted by molar-refractivity contribution is 7.99. The lowest BCUT2D eigenvalue weighted by atomic mass is 9.98. The van der Waals surface area contributed by atoms with Gasteiger partial charge < -0.3 is 0 Å². The van der Waals surface area contributed by atoms with E-state index in [1.54, 1.807) is 11.8 Å². The van der Waals surface area contributed by atoms with Crippen LogP contribution < -0.4 is 4.90 Å². The lowest BCUT2D eigenvalue weighted by Gasteiger charge is -2.32. The summed E-state index contributed by atoms with van der Waals surface area (Å²) in [4.78, 5) is 15.1. The Morgan fingerprint density at radius 2 is 0.759 bits per heavy atom. The van der Waals surface area contributed by atoms with Crippen LogP contribution in [0.2, 0.25) is 0 Å². The molecule has 1 aliphatic rings. The fourth-order valence-electron chi connectivity index (χ4n) is 7.38. The monoisotopic (exact) mass is 707 g/mol. The molecule has 0 atom stereocenters. The van der Waals surface area contributed by atoms with Gasteiger partial charge in [0.25, 0.3) is 0 Å². The van der Waals surface area contributed by atoms with Gasteiger partial charge in [-0.2, -0.15) is 0 Å². The summed E-state index contributed by atoms with van der Waals surface area (Å²) in [5, 5.41) is 1.03. The average molecular weight is 708 g/mol. The summed E-state index contributed by atoms with van der Waals surface area (Å²) in [6.07, 6.45) is 0. The van der Waals surface area contributed by atoms with Crippen molar-refractivity contribution in [2.24, 2.45) is 0 Å². The first-order chi connectivity index (χ1) is 26.7. The summed E-state index contributed by atoms with van der Waals surface area (Å²) < 4.78 is 0. The smallest absolute Gasteiger partial charge is 0.235 e. The molecular weight excluding hydrogens is 675 g/mol. The Kier molecular flexibility index (Phi) is 8.08. The van der Waals surface area contributed by atoms with Gasteiger partial charge in [-0.05, 0) is 87.0 Å². The molecule has 8 aromatic carbocycles. The third kappa shape index (κ3) is 5.93. The molecular formula is C50H33N3S. The molecule has 3 nitrogen and oxygen atoms in total. The average Bonchev–Trinajstić information content (AvgIpc) is 3.26. The maximum atomic E-state index is 5.35. The van der Waals surface area contributed by atoms with E-state index < -0.39 is 0 Å². The molecule has 4 heteroatoms. The molecule has 0 amide bonds. The highest BCUT2D eigenvalue weighted by Gasteiger charge is 2.29. The molecule has 1 aliphatic heterocycles. The van der Waals surface area contributed by atoms with Gasteiger partial charge in [0.1, 0.15) is 0 Å². The number of hydrogen-bond acceptors (Lipinski definition) is 4. The van der Waals surface area contributed by atoms with Gasteiger partial charge in [-0.15, -0.1) is 0 Å². The van der Waals surface area contributed by atoms with Crippen molar-refractivity contribution in [3.8, 4) is 55.8 Å². The van der Waals surface area contributed by atoms with Crippen molar-refractivity contribution < 1.29 is 0 Å². The lowest BCUT2D eigenvalue weighted by Crippen LogP contribution is -2.18. The first-order valence-electron chi connectivity index (χ1n) is 18.2. The normalized spacial score (nSPS) is 12.0. The first-order valence-corrected chi connectivity index (χ1v) is 19.0. The van der Waals surface area contributed by atoms with Crippen LogP contribution in [0.5, 0.6) is 0 Å². The van der Waals surface area contributed by atoms with E-state index >= 15 is 0 Å². The van der Waals surface area contributed by atoms with Crippen LogP contribution in [-0.4, -0.2) is 9.97 Å². The summed E-state index contributed by atoms with van der Waals surface area (Å²) in [5.74, 6) is 0.646. The second-order valence-corrected chi connectivity index (χ2v) is 14.5. The van der Waals surface area contributed by atoms with Crippen molar-refractivity contribution >= 4 is 40.0 Å². The van der Waals surface area contributed by atoms with Gasteiger partial charge in [-0.3, -0.25) is 4.90 Å². The van der Waals surface area contributed by atoms with E-state index in [0.717, 1.165) is 43.3 Å². The number of benzene rings is 8. The number of rotatable bonds is 6. The van der Waals surface area contributed by atoms with Gasteiger partial charge in [-0.1, -0.05) is 169 Å². The number of anilines is 3. The molecule has 254 valence electrons. The van der Waals surface area contributed by atoms with Crippen molar-refractivity contribution in [1.29, 1.82) is 0 Å². The zero-order valence-electron chi connectivity index (χ0n) is 29.3. The third-order valence-corrected chi connectivity index (χ3v) is 11.2. The van der Waals surface area contributed by atoms with Crippen LogP contribution >= 0.6 is 11.8 Å². The maximum absolute atomic E-state index is 5.35. The Labute approximate surface area is 319 Å². The summed E-state index contributed by atoms with van der Waals surface area (Å²) in [6.45, 7) is 0. The quantitative estimate of drug-likeness (QED) is 0.172. The van der Waals surface area contributed by atoms with Crippen LogP contribution in [-0.2, 0) is 0 Å². The predicted molar refractivity (Wildman–Crippen MR) is 226 cm³/mol. The third-order valence-electron chi connectivity index (χ3n) is 10.1. The van der Waals surface area contributed by atoms with Crippen molar-refractivity contribution in [2.45, 2.75) is 9.79 Å². The van der Waals surface area contributed by atoms with Crippen molar-refractivity contribution in [1.82, 2.24) is 9.97 Å². The lowest BCUT2D eigenvalue weighted by molar-refractivity contribution is 1.07. The molecule has 54 heavy (non-hydrogen) atoms. The van der Waals surface area contributed by atoms with Crippen LogP contribution in [0.4, 0.5) is 17.3 Å². The largest absolute Gasteiger partial charge is 0.277 e. The van der Waals surface area contributed by atoms with Crippen LogP contribution in [0.1, 0.15) is 0 Å². The fraction of sp³-hybridized carbons (Fsp3) is 0. The van der Waals surface area contributed by atoms with Gasteiger partial charge in [0, 0.05) is 20.7 Å². The topological polar surface area (TPSA) is 29.0 Å². The van der Waals surface area contributed by atoms with Crippen molar-refractivity contribution in [3.63, 3.8) is 0 Å². The minimum atomic E-state index is 0.646. The van der Waals surface area contributed by atoms with Crippen LogP contribution in [0.3, 0.4) is 0 Å². The molecule has 0 aliphatic carbocycles. The SMILES string of the molecule is c1ccc(-c2cccc(-c3ccc4c(c3)Sc3cc(-c5cccc(-c6ccccc6)c5)ccc3N4c3nc(-c4ccccc4)c4ccccc4n3)c2)cc1. The summed E-state index contributed by atoms with van der Waals surface area (Å²) in [5.41, 5.74) is 14.5. The molecule has 0 bridgehead atoms. The first kappa shape index (κ1) is 31.9. The molecule has 0 fully saturated rings. The van der Waals surface area contributed by atoms with Gasteiger partial charge in [-0.25, -0.2) is 9.97 Å². The van der Waals surface area contributed by atoms with E-state index in [2.05, 4.69) is 193 Å². The number of fused-ring (bicyclic) bond motifs is 3. The van der Waals surface area contributed by atoms with E-state index in [9.17, 15) is 0 Å². The van der Waals surface area contributed by atoms with Gasteiger partial charge in [0.05, 0.1) is 22.6 Å². The molecule has 0 radical (unpaired) electrons. The van der Waals surface area contributed by atoms with Crippen molar-refractivity contribution in [3.05, 3.63) is 200 Å². The highest BCUT2D eigenvalue weighted by atomic mass is 32.2. The molecule has 1 aromatic heterocycles. The van der Waals surface area contributed by atoms with Gasteiger partial charge in [0.2, 0.25) is 5.95 Å². The van der Waals surface area contributed by atoms with Gasteiger partial charge >= 0.3 is 0 Å². The van der Waals surface area contributed by atoms with E-state index in [1.807, 2.05) is 12.1 Å². The molecule has 0 N–H and O–H groups in total. The molecule has 9 aromatic rings. The highest BCUT2D eigenvalue weighted by Crippen LogP contribution is 2.53. The number of aromatic nitrogens is 2. The molecule has 0 spiro atoms. The standard InChI is InChI=1S/C50H33N3S/c1-4-14-34(15-5-1)37-20-12-22-39(30-37)41-26-28-45-47(32-41)54-48-33-42(40-23-13-21-38(31-40)35-16-6-2-7-17-35)27-29-46(48)53(45)50-51-44-25-11-10-24-43(44)49(52-50)36-18-8-3-9-19-36/h1-33H. The van der Waals surface area contributed by atoms with E-state index in [-0.39, 0.29) is 0 Å².